The largest absolute Gasteiger partial charge is 0.393 e. The number of aliphatic hydroxyl groups excluding tert-OH is 1. The summed E-state index contributed by atoms with van der Waals surface area (Å²) < 4.78 is 0. The van der Waals surface area contributed by atoms with Crippen molar-refractivity contribution in [3.05, 3.63) is 0 Å². The van der Waals surface area contributed by atoms with Crippen LogP contribution in [0.3, 0.4) is 0 Å². The van der Waals surface area contributed by atoms with Crippen LogP contribution in [0.1, 0.15) is 32.6 Å². The number of terminal acetylenes is 1. The number of likely N-dealkylation sites (tertiary alicyclic amines) is 1. The molecule has 4 heteroatoms. The van der Waals surface area contributed by atoms with Crippen molar-refractivity contribution in [1.82, 2.24) is 4.90 Å². The molecule has 1 fully saturated rings. The van der Waals surface area contributed by atoms with Gasteiger partial charge in [0.15, 0.2) is 5.66 Å². The van der Waals surface area contributed by atoms with Crippen molar-refractivity contribution < 1.29 is 5.11 Å². The van der Waals surface area contributed by atoms with Crippen molar-refractivity contribution in [3.8, 4) is 12.3 Å². The summed E-state index contributed by atoms with van der Waals surface area (Å²) in [5.74, 6) is 3.08. The molecule has 0 bridgehead atoms. The molecule has 0 amide bonds. The highest BCUT2D eigenvalue weighted by atomic mass is 16.3. The van der Waals surface area contributed by atoms with Gasteiger partial charge < -0.3 is 10.0 Å². The van der Waals surface area contributed by atoms with Gasteiger partial charge >= 0.3 is 0 Å². The number of rotatable bonds is 6. The smallest absolute Gasteiger partial charge is 0.193 e. The summed E-state index contributed by atoms with van der Waals surface area (Å²) in [5.41, 5.74) is -0.157. The summed E-state index contributed by atoms with van der Waals surface area (Å²) in [6.45, 7) is 4.98. The Bertz CT molecular complexity index is 326. The van der Waals surface area contributed by atoms with Crippen LogP contribution in [0.15, 0.2) is 10.2 Å². The van der Waals surface area contributed by atoms with Gasteiger partial charge in [-0.15, -0.1) is 12.3 Å². The highest BCUT2D eigenvalue weighted by Crippen LogP contribution is 2.37. The van der Waals surface area contributed by atoms with Crippen molar-refractivity contribution in [1.29, 1.82) is 0 Å². The molecule has 2 atom stereocenters. The Kier molecular flexibility index (Phi) is 3.80. The molecule has 2 rings (SSSR count). The van der Waals surface area contributed by atoms with Crippen LogP contribution in [0, 0.1) is 18.3 Å². The maximum atomic E-state index is 9.54. The Labute approximate surface area is 103 Å². The van der Waals surface area contributed by atoms with Crippen LogP contribution in [0.4, 0.5) is 0 Å². The molecule has 0 spiro atoms. The summed E-state index contributed by atoms with van der Waals surface area (Å²) in [7, 11) is 0. The van der Waals surface area contributed by atoms with Gasteiger partial charge in [0.25, 0.3) is 0 Å². The first-order valence-corrected chi connectivity index (χ1v) is 6.43. The van der Waals surface area contributed by atoms with Gasteiger partial charge in [0.1, 0.15) is 0 Å². The Morgan fingerprint density at radius 1 is 1.53 bits per heavy atom. The monoisotopic (exact) mass is 235 g/mol. The fourth-order valence-corrected chi connectivity index (χ4v) is 2.46. The maximum Gasteiger partial charge on any atom is 0.193 e. The number of hydrogen-bond donors (Lipinski definition) is 1. The van der Waals surface area contributed by atoms with E-state index in [1.165, 1.54) is 0 Å². The van der Waals surface area contributed by atoms with Crippen molar-refractivity contribution >= 4 is 0 Å². The lowest BCUT2D eigenvalue weighted by Crippen LogP contribution is -2.28. The van der Waals surface area contributed by atoms with Crippen LogP contribution >= 0.6 is 0 Å². The zero-order chi connectivity index (χ0) is 12.3. The SMILES string of the molecule is C#CCCC1(CCN2CCC(C(C)O)C2)N=N1. The molecule has 2 unspecified atom stereocenters. The highest BCUT2D eigenvalue weighted by Gasteiger charge is 2.39. The molecule has 0 radical (unpaired) electrons. The molecule has 2 heterocycles. The van der Waals surface area contributed by atoms with Crippen LogP contribution in [0.2, 0.25) is 0 Å². The van der Waals surface area contributed by atoms with E-state index in [2.05, 4.69) is 21.0 Å². The lowest BCUT2D eigenvalue weighted by molar-refractivity contribution is 0.127. The van der Waals surface area contributed by atoms with E-state index in [9.17, 15) is 5.11 Å². The minimum atomic E-state index is -0.189. The molecule has 2 aliphatic heterocycles. The minimum Gasteiger partial charge on any atom is -0.393 e. The van der Waals surface area contributed by atoms with E-state index in [0.29, 0.717) is 5.92 Å². The molecule has 0 aliphatic carbocycles. The fraction of sp³-hybridized carbons (Fsp3) is 0.846. The average molecular weight is 235 g/mol. The van der Waals surface area contributed by atoms with Crippen LogP contribution in [-0.2, 0) is 0 Å². The van der Waals surface area contributed by atoms with Crippen LogP contribution in [-0.4, -0.2) is 41.4 Å². The molecule has 94 valence electrons. The normalized spacial score (nSPS) is 27.9. The van der Waals surface area contributed by atoms with Crippen molar-refractivity contribution in [2.24, 2.45) is 16.1 Å². The first kappa shape index (κ1) is 12.5. The van der Waals surface area contributed by atoms with Gasteiger partial charge in [0.2, 0.25) is 0 Å². The molecular weight excluding hydrogens is 214 g/mol. The Morgan fingerprint density at radius 3 is 2.82 bits per heavy atom. The van der Waals surface area contributed by atoms with Gasteiger partial charge in [-0.3, -0.25) is 0 Å². The quantitative estimate of drug-likeness (QED) is 0.712. The Morgan fingerprint density at radius 2 is 2.29 bits per heavy atom. The second kappa shape index (κ2) is 5.16. The molecule has 0 aromatic carbocycles. The minimum absolute atomic E-state index is 0.157. The van der Waals surface area contributed by atoms with Gasteiger partial charge in [-0.05, 0) is 25.8 Å². The standard InChI is InChI=1S/C13H21N3O/c1-3-4-6-13(14-15-13)7-9-16-8-5-12(10-16)11(2)17/h1,11-12,17H,4-10H2,2H3. The molecule has 17 heavy (non-hydrogen) atoms. The van der Waals surface area contributed by atoms with Crippen LogP contribution in [0.5, 0.6) is 0 Å². The molecule has 0 aromatic rings. The first-order valence-electron chi connectivity index (χ1n) is 6.43. The second-order valence-electron chi connectivity index (χ2n) is 5.23. The van der Waals surface area contributed by atoms with E-state index < -0.39 is 0 Å². The lowest BCUT2D eigenvalue weighted by Gasteiger charge is -2.18. The maximum absolute atomic E-state index is 9.54. The topological polar surface area (TPSA) is 48.2 Å². The summed E-state index contributed by atoms with van der Waals surface area (Å²) in [6, 6.07) is 0. The summed E-state index contributed by atoms with van der Waals surface area (Å²) in [5, 5.41) is 17.8. The second-order valence-corrected chi connectivity index (χ2v) is 5.23. The highest BCUT2D eigenvalue weighted by molar-refractivity contribution is 4.98. The molecule has 4 nitrogen and oxygen atoms in total. The third-order valence-corrected chi connectivity index (χ3v) is 3.87. The predicted molar refractivity (Wildman–Crippen MR) is 66.5 cm³/mol. The Balaban J connectivity index is 1.68. The molecule has 1 N–H and O–H groups in total. The van der Waals surface area contributed by atoms with Crippen LogP contribution in [0.25, 0.3) is 0 Å². The van der Waals surface area contributed by atoms with Gasteiger partial charge in [-0.2, -0.15) is 10.2 Å². The van der Waals surface area contributed by atoms with Gasteiger partial charge in [0, 0.05) is 32.4 Å². The zero-order valence-corrected chi connectivity index (χ0v) is 10.5. The van der Waals surface area contributed by atoms with Gasteiger partial charge in [-0.25, -0.2) is 0 Å². The van der Waals surface area contributed by atoms with E-state index in [0.717, 1.165) is 45.3 Å². The third-order valence-electron chi connectivity index (χ3n) is 3.87. The number of hydrogen-bond acceptors (Lipinski definition) is 4. The number of nitrogens with zero attached hydrogens (tertiary/aromatic N) is 3. The van der Waals surface area contributed by atoms with Crippen molar-refractivity contribution in [3.63, 3.8) is 0 Å². The molecule has 0 aromatic heterocycles. The molecule has 1 saturated heterocycles. The lowest BCUT2D eigenvalue weighted by atomic mass is 10.0. The van der Waals surface area contributed by atoms with Crippen LogP contribution < -0.4 is 0 Å². The molecule has 2 aliphatic rings. The van der Waals surface area contributed by atoms with Crippen molar-refractivity contribution in [2.45, 2.75) is 44.4 Å². The zero-order valence-electron chi connectivity index (χ0n) is 10.5. The van der Waals surface area contributed by atoms with E-state index in [1.807, 2.05) is 6.92 Å². The average Bonchev–Trinajstić information content (AvgIpc) is 2.91. The first-order chi connectivity index (χ1) is 8.15. The third kappa shape index (κ3) is 3.27. The van der Waals surface area contributed by atoms with E-state index >= 15 is 0 Å². The number of aliphatic hydroxyl groups is 1. The Hall–Kier alpha value is -0.920. The van der Waals surface area contributed by atoms with Gasteiger partial charge in [0.05, 0.1) is 6.10 Å². The summed E-state index contributed by atoms with van der Waals surface area (Å²) in [4.78, 5) is 2.40. The molecule has 0 saturated carbocycles. The summed E-state index contributed by atoms with van der Waals surface area (Å²) in [6.07, 6.45) is 8.79. The predicted octanol–water partition coefficient (Wildman–Crippen LogP) is 1.65. The molecular formula is C13H21N3O. The summed E-state index contributed by atoms with van der Waals surface area (Å²) >= 11 is 0. The van der Waals surface area contributed by atoms with Gasteiger partial charge in [-0.1, -0.05) is 0 Å². The van der Waals surface area contributed by atoms with Crippen molar-refractivity contribution in [2.75, 3.05) is 19.6 Å². The fourth-order valence-electron chi connectivity index (χ4n) is 2.46. The van der Waals surface area contributed by atoms with E-state index in [-0.39, 0.29) is 11.8 Å². The van der Waals surface area contributed by atoms with E-state index in [4.69, 9.17) is 6.42 Å². The van der Waals surface area contributed by atoms with E-state index in [1.54, 1.807) is 0 Å².